The summed E-state index contributed by atoms with van der Waals surface area (Å²) in [5.41, 5.74) is 2.48. The van der Waals surface area contributed by atoms with E-state index in [9.17, 15) is 38.4 Å². The quantitative estimate of drug-likeness (QED) is 0.00991. The Labute approximate surface area is 462 Å². The maximum atomic E-state index is 14.2. The number of benzene rings is 6. The van der Waals surface area contributed by atoms with Gasteiger partial charge < -0.3 is 44.2 Å². The molecule has 0 fully saturated rings. The molecular formula is C62H62N4O14. The van der Waals surface area contributed by atoms with Crippen LogP contribution in [0.1, 0.15) is 100 Å². The van der Waals surface area contributed by atoms with Gasteiger partial charge in [-0.1, -0.05) is 161 Å². The molecule has 3 N–H and O–H groups in total. The summed E-state index contributed by atoms with van der Waals surface area (Å²) in [6.07, 6.45) is 2.74. The van der Waals surface area contributed by atoms with Gasteiger partial charge in [0.1, 0.15) is 37.4 Å². The second-order valence-electron chi connectivity index (χ2n) is 18.5. The number of unbranched alkanes of at least 4 members (excludes halogenated alkanes) is 2. The number of hydrogen-bond donors (Lipinski definition) is 3. The van der Waals surface area contributed by atoms with Gasteiger partial charge in [-0.25, -0.2) is 14.4 Å². The number of nitrogens with zero attached hydrogens (tertiary/aromatic N) is 1. The average Bonchev–Trinajstić information content (AvgIpc) is 3.99. The first-order valence-corrected chi connectivity index (χ1v) is 26.2. The van der Waals surface area contributed by atoms with E-state index in [0.29, 0.717) is 35.9 Å². The Bertz CT molecular complexity index is 3220. The van der Waals surface area contributed by atoms with Gasteiger partial charge in [0.2, 0.25) is 12.3 Å². The second-order valence-corrected chi connectivity index (χ2v) is 18.5. The number of ether oxygens (including phenoxy) is 4. The van der Waals surface area contributed by atoms with Crippen molar-refractivity contribution in [2.24, 2.45) is 5.92 Å². The molecule has 0 radical (unpaired) electrons. The second kappa shape index (κ2) is 29.8. The maximum absolute atomic E-state index is 14.2. The van der Waals surface area contributed by atoms with E-state index < -0.39 is 72.6 Å². The van der Waals surface area contributed by atoms with Gasteiger partial charge >= 0.3 is 23.9 Å². The molecule has 7 aromatic rings. The minimum absolute atomic E-state index is 0.0491. The zero-order valence-corrected chi connectivity index (χ0v) is 44.3. The molecule has 414 valence electrons. The number of nitrogens with one attached hydrogen (secondary N) is 3. The molecule has 6 aromatic carbocycles. The van der Waals surface area contributed by atoms with Gasteiger partial charge in [0.15, 0.2) is 12.4 Å². The predicted octanol–water partition coefficient (Wildman–Crippen LogP) is 9.21. The molecule has 0 spiro atoms. The monoisotopic (exact) mass is 1090 g/mol. The first-order valence-electron chi connectivity index (χ1n) is 26.2. The smallest absolute Gasteiger partial charge is 0.363 e. The molecule has 0 bridgehead atoms. The highest BCUT2D eigenvalue weighted by Crippen LogP contribution is 2.30. The van der Waals surface area contributed by atoms with E-state index in [2.05, 4.69) is 16.0 Å². The number of fused-ring (bicyclic) bond motifs is 1. The lowest BCUT2D eigenvalue weighted by Crippen LogP contribution is -2.49. The van der Waals surface area contributed by atoms with Crippen LogP contribution < -0.4 is 20.7 Å². The highest BCUT2D eigenvalue weighted by molar-refractivity contribution is 6.01. The van der Waals surface area contributed by atoms with Crippen molar-refractivity contribution < 1.29 is 66.6 Å². The van der Waals surface area contributed by atoms with Crippen molar-refractivity contribution >= 4 is 58.8 Å². The Morgan fingerprint density at radius 2 is 1.25 bits per heavy atom. The van der Waals surface area contributed by atoms with Crippen LogP contribution in [-0.4, -0.2) is 78.4 Å². The Balaban J connectivity index is 1.04. The number of amides is 4. The topological polar surface area (TPSA) is 235 Å². The van der Waals surface area contributed by atoms with E-state index in [1.54, 1.807) is 104 Å². The van der Waals surface area contributed by atoms with Crippen molar-refractivity contribution in [2.75, 3.05) is 13.3 Å². The number of carbonyl (C=O) groups is 8. The summed E-state index contributed by atoms with van der Waals surface area (Å²) in [7, 11) is 0. The van der Waals surface area contributed by atoms with Gasteiger partial charge in [-0.15, -0.1) is 0 Å². The molecule has 3 atom stereocenters. The van der Waals surface area contributed by atoms with Crippen LogP contribution >= 0.6 is 0 Å². The molecule has 7 rings (SSSR count). The molecule has 3 unspecified atom stereocenters. The van der Waals surface area contributed by atoms with Gasteiger partial charge in [0, 0.05) is 5.56 Å². The van der Waals surface area contributed by atoms with Crippen LogP contribution in [0.2, 0.25) is 0 Å². The molecule has 4 amide bonds. The fraction of sp³-hybridized carbons (Fsp3) is 0.258. The Kier molecular flexibility index (Phi) is 21.6. The van der Waals surface area contributed by atoms with Gasteiger partial charge in [-0.2, -0.15) is 5.06 Å². The van der Waals surface area contributed by atoms with Gasteiger partial charge in [-0.05, 0) is 76.7 Å². The lowest BCUT2D eigenvalue weighted by molar-refractivity contribution is -0.171. The lowest BCUT2D eigenvalue weighted by atomic mass is 9.90. The molecule has 1 heterocycles. The minimum atomic E-state index is -1.52. The summed E-state index contributed by atoms with van der Waals surface area (Å²) in [5, 5.41) is 10.5. The van der Waals surface area contributed by atoms with Gasteiger partial charge in [0.25, 0.3) is 11.8 Å². The number of hydrogen-bond acceptors (Lipinski definition) is 14. The van der Waals surface area contributed by atoms with Crippen molar-refractivity contribution in [3.05, 3.63) is 197 Å². The highest BCUT2D eigenvalue weighted by Gasteiger charge is 2.34. The third-order valence-corrected chi connectivity index (χ3v) is 12.8. The van der Waals surface area contributed by atoms with E-state index >= 15 is 0 Å². The van der Waals surface area contributed by atoms with E-state index in [-0.39, 0.29) is 61.3 Å². The summed E-state index contributed by atoms with van der Waals surface area (Å²) in [6, 6.07) is 44.0. The van der Waals surface area contributed by atoms with Crippen LogP contribution in [0, 0.1) is 5.92 Å². The number of esters is 3. The third-order valence-electron chi connectivity index (χ3n) is 12.8. The summed E-state index contributed by atoms with van der Waals surface area (Å²) in [6.45, 7) is 2.53. The Hall–Kier alpha value is -9.58. The first kappa shape index (κ1) is 58.1. The fourth-order valence-electron chi connectivity index (χ4n) is 8.55. The van der Waals surface area contributed by atoms with E-state index in [1.807, 2.05) is 43.3 Å². The summed E-state index contributed by atoms with van der Waals surface area (Å²) in [5.74, 6) is -6.28. The van der Waals surface area contributed by atoms with E-state index in [4.69, 9.17) is 28.2 Å². The number of carbonyl (C=O) groups excluding carboxylic acids is 8. The van der Waals surface area contributed by atoms with Crippen molar-refractivity contribution in [1.29, 1.82) is 0 Å². The van der Waals surface area contributed by atoms with Crippen molar-refractivity contribution in [1.82, 2.24) is 21.0 Å². The van der Waals surface area contributed by atoms with Crippen LogP contribution in [0.3, 0.4) is 0 Å². The largest absolute Gasteiger partial charge is 0.481 e. The van der Waals surface area contributed by atoms with Crippen LogP contribution in [0.5, 0.6) is 5.75 Å². The maximum Gasteiger partial charge on any atom is 0.363 e. The molecule has 18 nitrogen and oxygen atoms in total. The lowest BCUT2D eigenvalue weighted by Gasteiger charge is -2.31. The third kappa shape index (κ3) is 17.0. The SMILES string of the molecule is CCCCCC(C(=O)NCNC(=O)c1ccc(-c2ccc(C(=O)NC(CC(=O)OCc3ccccc3)C(=O)OCc3ccccc3)c(OCC(=O)OCc3ccccc3)c2)o1)C(CC)N(C=O)OC(=O)c1ccc2ccccc2c1. The van der Waals surface area contributed by atoms with E-state index in [1.165, 1.54) is 30.3 Å². The van der Waals surface area contributed by atoms with Gasteiger partial charge in [-0.3, -0.25) is 24.0 Å². The van der Waals surface area contributed by atoms with E-state index in [0.717, 1.165) is 34.2 Å². The van der Waals surface area contributed by atoms with Crippen LogP contribution in [0.25, 0.3) is 22.1 Å². The molecule has 80 heavy (non-hydrogen) atoms. The normalized spacial score (nSPS) is 11.9. The van der Waals surface area contributed by atoms with Gasteiger partial charge in [0.05, 0.1) is 36.2 Å². The summed E-state index contributed by atoms with van der Waals surface area (Å²) < 4.78 is 28.3. The number of hydroxylamine groups is 2. The summed E-state index contributed by atoms with van der Waals surface area (Å²) >= 11 is 0. The summed E-state index contributed by atoms with van der Waals surface area (Å²) in [4.78, 5) is 113. The fourth-order valence-corrected chi connectivity index (χ4v) is 8.55. The van der Waals surface area contributed by atoms with Crippen LogP contribution in [0.4, 0.5) is 0 Å². The Morgan fingerprint density at radius 1 is 0.625 bits per heavy atom. The zero-order valence-electron chi connectivity index (χ0n) is 44.3. The molecule has 0 aliphatic heterocycles. The molecule has 18 heteroatoms. The highest BCUT2D eigenvalue weighted by atomic mass is 16.7. The van der Waals surface area contributed by atoms with Crippen molar-refractivity contribution in [3.8, 4) is 17.1 Å². The first-order chi connectivity index (χ1) is 38.9. The van der Waals surface area contributed by atoms with Crippen molar-refractivity contribution in [3.63, 3.8) is 0 Å². The number of furan rings is 1. The Morgan fingerprint density at radius 3 is 1.89 bits per heavy atom. The van der Waals surface area contributed by atoms with Crippen LogP contribution in [0.15, 0.2) is 168 Å². The average molecular weight is 1090 g/mol. The molecule has 0 aliphatic carbocycles. The molecule has 0 saturated carbocycles. The van der Waals surface area contributed by atoms with Crippen molar-refractivity contribution in [2.45, 2.75) is 84.3 Å². The molecule has 0 aliphatic rings. The van der Waals surface area contributed by atoms with Crippen LogP contribution in [-0.2, 0) is 62.8 Å². The standard InChI is InChI=1S/C62H62N4O14/c1-3-5-9-26-49(52(4-2)66(41-67)80-61(73)48-28-27-45-24-16-17-25-46(45)33-48)58(70)63-40-64-60(72)54-32-31-53(79-54)47-29-30-50(55(34-47)75-39-57(69)77-37-43-20-12-7-13-21-43)59(71)65-51(62(74)78-38-44-22-14-8-15-23-44)35-56(68)76-36-42-18-10-6-11-19-42/h6-8,10-25,27-34,41,49,51-52H,3-5,9,26,35-40H2,1-2H3,(H,63,70)(H,64,72)(H,65,71). The molecular weight excluding hydrogens is 1020 g/mol. The predicted molar refractivity (Wildman–Crippen MR) is 294 cm³/mol. The molecule has 0 saturated heterocycles. The molecule has 1 aromatic heterocycles. The minimum Gasteiger partial charge on any atom is -0.481 e. The number of rotatable bonds is 29. The zero-order chi connectivity index (χ0) is 56.6.